The van der Waals surface area contributed by atoms with Crippen LogP contribution in [0.15, 0.2) is 34.4 Å². The first-order chi connectivity index (χ1) is 12.9. The lowest BCUT2D eigenvalue weighted by Gasteiger charge is -2.15. The molecule has 2 heterocycles. The number of nitrogens with two attached hydrogens (primary N) is 1. The summed E-state index contributed by atoms with van der Waals surface area (Å²) in [4.78, 5) is 29.9. The van der Waals surface area contributed by atoms with Crippen molar-refractivity contribution in [2.24, 2.45) is 5.73 Å². The molecule has 0 atom stereocenters. The van der Waals surface area contributed by atoms with Gasteiger partial charge in [0, 0.05) is 29.8 Å². The molecule has 0 saturated carbocycles. The number of hydrogen-bond donors (Lipinski definition) is 1. The number of aromatic nitrogens is 2. The lowest BCUT2D eigenvalue weighted by Crippen LogP contribution is -2.26. The number of thiophene rings is 1. The van der Waals surface area contributed by atoms with E-state index in [0.717, 1.165) is 27.5 Å². The third-order valence-corrected chi connectivity index (χ3v) is 5.30. The number of rotatable bonds is 7. The number of benzene rings is 1. The first kappa shape index (κ1) is 19.1. The fourth-order valence-corrected chi connectivity index (χ4v) is 4.06. The largest absolute Gasteiger partial charge is 0.497 e. The van der Waals surface area contributed by atoms with Gasteiger partial charge in [-0.2, -0.15) is 0 Å². The van der Waals surface area contributed by atoms with Crippen molar-refractivity contribution in [3.8, 4) is 16.9 Å². The van der Waals surface area contributed by atoms with Crippen molar-refractivity contribution in [2.75, 3.05) is 7.11 Å². The van der Waals surface area contributed by atoms with Crippen LogP contribution in [0.2, 0.25) is 0 Å². The predicted octanol–water partition coefficient (Wildman–Crippen LogP) is 3.52. The zero-order valence-electron chi connectivity index (χ0n) is 15.7. The van der Waals surface area contributed by atoms with Gasteiger partial charge in [0.2, 0.25) is 5.91 Å². The van der Waals surface area contributed by atoms with E-state index in [1.54, 1.807) is 11.7 Å². The van der Waals surface area contributed by atoms with E-state index in [9.17, 15) is 9.59 Å². The zero-order valence-corrected chi connectivity index (χ0v) is 16.5. The van der Waals surface area contributed by atoms with Gasteiger partial charge in [-0.3, -0.25) is 14.2 Å². The SMILES string of the molecule is COc1cccc(-c2csc3nc(C(C)C)n(CCCC(N)=O)c(=O)c23)c1. The van der Waals surface area contributed by atoms with E-state index in [1.807, 2.05) is 43.5 Å². The number of primary amides is 1. The summed E-state index contributed by atoms with van der Waals surface area (Å²) in [5.74, 6) is 1.20. The van der Waals surface area contributed by atoms with Crippen molar-refractivity contribution in [3.05, 3.63) is 45.8 Å². The number of ether oxygens (including phenoxy) is 1. The van der Waals surface area contributed by atoms with Crippen molar-refractivity contribution < 1.29 is 9.53 Å². The Labute approximate surface area is 161 Å². The Kier molecular flexibility index (Phi) is 5.60. The summed E-state index contributed by atoms with van der Waals surface area (Å²) in [5.41, 5.74) is 6.93. The van der Waals surface area contributed by atoms with Gasteiger partial charge in [-0.25, -0.2) is 4.98 Å². The monoisotopic (exact) mass is 385 g/mol. The van der Waals surface area contributed by atoms with E-state index in [1.165, 1.54) is 11.3 Å². The lowest BCUT2D eigenvalue weighted by atomic mass is 10.1. The van der Waals surface area contributed by atoms with Crippen LogP contribution >= 0.6 is 11.3 Å². The molecule has 27 heavy (non-hydrogen) atoms. The lowest BCUT2D eigenvalue weighted by molar-refractivity contribution is -0.118. The van der Waals surface area contributed by atoms with Gasteiger partial charge in [0.1, 0.15) is 16.4 Å². The van der Waals surface area contributed by atoms with Crippen LogP contribution in [0.1, 0.15) is 38.4 Å². The molecule has 0 spiro atoms. The van der Waals surface area contributed by atoms with Gasteiger partial charge >= 0.3 is 0 Å². The number of hydrogen-bond acceptors (Lipinski definition) is 5. The second-order valence-electron chi connectivity index (χ2n) is 6.71. The van der Waals surface area contributed by atoms with Crippen molar-refractivity contribution in [3.63, 3.8) is 0 Å². The van der Waals surface area contributed by atoms with Gasteiger partial charge in [0.25, 0.3) is 5.56 Å². The van der Waals surface area contributed by atoms with Gasteiger partial charge in [-0.15, -0.1) is 11.3 Å². The highest BCUT2D eigenvalue weighted by Crippen LogP contribution is 2.33. The highest BCUT2D eigenvalue weighted by atomic mass is 32.1. The van der Waals surface area contributed by atoms with Crippen LogP contribution in [0.25, 0.3) is 21.3 Å². The van der Waals surface area contributed by atoms with Crippen LogP contribution < -0.4 is 16.0 Å². The van der Waals surface area contributed by atoms with E-state index in [-0.39, 0.29) is 23.8 Å². The minimum atomic E-state index is -0.365. The van der Waals surface area contributed by atoms with E-state index in [0.29, 0.717) is 18.4 Å². The van der Waals surface area contributed by atoms with Gasteiger partial charge in [0.15, 0.2) is 0 Å². The molecule has 0 aliphatic heterocycles. The van der Waals surface area contributed by atoms with Crippen LogP contribution in [0.5, 0.6) is 5.75 Å². The molecule has 7 heteroatoms. The average Bonchev–Trinajstić information content (AvgIpc) is 3.07. The van der Waals surface area contributed by atoms with Gasteiger partial charge in [-0.1, -0.05) is 26.0 Å². The summed E-state index contributed by atoms with van der Waals surface area (Å²) in [6.07, 6.45) is 0.759. The molecule has 0 saturated heterocycles. The Bertz CT molecular complexity index is 1040. The zero-order chi connectivity index (χ0) is 19.6. The molecule has 3 rings (SSSR count). The molecule has 0 radical (unpaired) electrons. The molecular weight excluding hydrogens is 362 g/mol. The predicted molar refractivity (Wildman–Crippen MR) is 108 cm³/mol. The molecule has 0 fully saturated rings. The number of carbonyl (C=O) groups excluding carboxylic acids is 1. The summed E-state index contributed by atoms with van der Waals surface area (Å²) < 4.78 is 6.99. The highest BCUT2D eigenvalue weighted by Gasteiger charge is 2.19. The maximum absolute atomic E-state index is 13.3. The number of amides is 1. The van der Waals surface area contributed by atoms with Crippen molar-refractivity contribution in [1.29, 1.82) is 0 Å². The number of nitrogens with zero attached hydrogens (tertiary/aromatic N) is 2. The van der Waals surface area contributed by atoms with Crippen LogP contribution in [0.4, 0.5) is 0 Å². The van der Waals surface area contributed by atoms with Crippen LogP contribution in [0, 0.1) is 0 Å². The third kappa shape index (κ3) is 3.88. The molecular formula is C20H23N3O3S. The van der Waals surface area contributed by atoms with E-state index in [2.05, 4.69) is 0 Å². The Morgan fingerprint density at radius 1 is 1.37 bits per heavy atom. The second kappa shape index (κ2) is 7.92. The topological polar surface area (TPSA) is 87.2 Å². The third-order valence-electron chi connectivity index (χ3n) is 4.43. The fourth-order valence-electron chi connectivity index (χ4n) is 3.11. The summed E-state index contributed by atoms with van der Waals surface area (Å²) in [5, 5.41) is 2.57. The van der Waals surface area contributed by atoms with Crippen molar-refractivity contribution >= 4 is 27.5 Å². The normalized spacial score (nSPS) is 11.3. The molecule has 1 aromatic carbocycles. The summed E-state index contributed by atoms with van der Waals surface area (Å²) in [6, 6.07) is 7.64. The van der Waals surface area contributed by atoms with E-state index >= 15 is 0 Å². The van der Waals surface area contributed by atoms with E-state index in [4.69, 9.17) is 15.5 Å². The molecule has 142 valence electrons. The smallest absolute Gasteiger partial charge is 0.262 e. The van der Waals surface area contributed by atoms with Crippen LogP contribution in [-0.4, -0.2) is 22.6 Å². The maximum atomic E-state index is 13.3. The molecule has 2 N–H and O–H groups in total. The Hall–Kier alpha value is -2.67. The Balaban J connectivity index is 2.16. The minimum absolute atomic E-state index is 0.0766. The molecule has 0 aliphatic rings. The first-order valence-electron chi connectivity index (χ1n) is 8.87. The van der Waals surface area contributed by atoms with E-state index < -0.39 is 0 Å². The standard InChI is InChI=1S/C20H23N3O3S/c1-12(2)18-22-19-17(20(25)23(18)9-5-8-16(21)24)15(11-27-19)13-6-4-7-14(10-13)26-3/h4,6-7,10-12H,5,8-9H2,1-3H3,(H2,21,24). The maximum Gasteiger partial charge on any atom is 0.262 e. The molecule has 0 bridgehead atoms. The van der Waals surface area contributed by atoms with Gasteiger partial charge < -0.3 is 10.5 Å². The molecule has 6 nitrogen and oxygen atoms in total. The summed E-state index contributed by atoms with van der Waals surface area (Å²) >= 11 is 1.47. The first-order valence-corrected chi connectivity index (χ1v) is 9.75. The van der Waals surface area contributed by atoms with Crippen LogP contribution in [-0.2, 0) is 11.3 Å². The Morgan fingerprint density at radius 3 is 2.81 bits per heavy atom. The molecule has 0 unspecified atom stereocenters. The quantitative estimate of drug-likeness (QED) is 0.674. The molecule has 0 aliphatic carbocycles. The fraction of sp³-hybridized carbons (Fsp3) is 0.350. The summed E-state index contributed by atoms with van der Waals surface area (Å²) in [7, 11) is 1.62. The number of fused-ring (bicyclic) bond motifs is 1. The second-order valence-corrected chi connectivity index (χ2v) is 7.57. The molecule has 3 aromatic rings. The molecule has 1 amide bonds. The average molecular weight is 385 g/mol. The van der Waals surface area contributed by atoms with Crippen molar-refractivity contribution in [2.45, 2.75) is 39.2 Å². The number of methoxy groups -OCH3 is 1. The van der Waals surface area contributed by atoms with Gasteiger partial charge in [-0.05, 0) is 24.1 Å². The van der Waals surface area contributed by atoms with Gasteiger partial charge in [0.05, 0.1) is 12.5 Å². The highest BCUT2D eigenvalue weighted by molar-refractivity contribution is 7.17. The Morgan fingerprint density at radius 2 is 2.15 bits per heavy atom. The summed E-state index contributed by atoms with van der Waals surface area (Å²) in [6.45, 7) is 4.44. The van der Waals surface area contributed by atoms with Crippen LogP contribution in [0.3, 0.4) is 0 Å². The minimum Gasteiger partial charge on any atom is -0.497 e. The molecule has 2 aromatic heterocycles. The number of carbonyl (C=O) groups is 1. The van der Waals surface area contributed by atoms with Crippen molar-refractivity contribution in [1.82, 2.24) is 9.55 Å².